The van der Waals surface area contributed by atoms with Crippen LogP contribution in [0.25, 0.3) is 0 Å². The van der Waals surface area contributed by atoms with Gasteiger partial charge in [-0.2, -0.15) is 11.8 Å². The summed E-state index contributed by atoms with van der Waals surface area (Å²) in [5.41, 5.74) is 0. The number of benzene rings is 1. The standard InChI is InChI=1S/C17H27FN4O3S2/c1-14(25-16-6-4-3-5-15(16)18)13-21-17(19-2)20-7-12-27(23,24)22-8-10-26-11-9-22/h3-6,14H,7-13H2,1-2H3,(H2,19,20,21). The van der Waals surface area contributed by atoms with Gasteiger partial charge in [0.2, 0.25) is 10.0 Å². The van der Waals surface area contributed by atoms with Crippen LogP contribution in [0, 0.1) is 5.82 Å². The van der Waals surface area contributed by atoms with E-state index in [1.165, 1.54) is 6.07 Å². The SMILES string of the molecule is CN=C(NCCS(=O)(=O)N1CCSCC1)NCC(C)Oc1ccccc1F. The van der Waals surface area contributed by atoms with E-state index in [-0.39, 0.29) is 24.2 Å². The molecule has 0 radical (unpaired) electrons. The number of thioether (sulfide) groups is 1. The number of hydrogen-bond donors (Lipinski definition) is 2. The lowest BCUT2D eigenvalue weighted by molar-refractivity contribution is 0.214. The van der Waals surface area contributed by atoms with Gasteiger partial charge in [0.15, 0.2) is 17.5 Å². The van der Waals surface area contributed by atoms with E-state index in [0.717, 1.165) is 11.5 Å². The Balaban J connectivity index is 1.73. The molecule has 0 aromatic heterocycles. The molecule has 1 fully saturated rings. The van der Waals surface area contributed by atoms with Gasteiger partial charge in [0.05, 0.1) is 12.3 Å². The summed E-state index contributed by atoms with van der Waals surface area (Å²) in [5, 5.41) is 6.05. The molecule has 1 atom stereocenters. The van der Waals surface area contributed by atoms with Crippen molar-refractivity contribution in [2.75, 3.05) is 50.5 Å². The fourth-order valence-corrected chi connectivity index (χ4v) is 5.00. The largest absolute Gasteiger partial charge is 0.486 e. The zero-order chi connectivity index (χ0) is 19.7. The molecular formula is C17H27FN4O3S2. The zero-order valence-corrected chi connectivity index (χ0v) is 17.3. The summed E-state index contributed by atoms with van der Waals surface area (Å²) in [6, 6.07) is 6.23. The minimum absolute atomic E-state index is 0.0135. The average molecular weight is 419 g/mol. The molecule has 1 aromatic rings. The second-order valence-corrected chi connectivity index (χ2v) is 9.38. The van der Waals surface area contributed by atoms with E-state index in [4.69, 9.17) is 4.74 Å². The van der Waals surface area contributed by atoms with Crippen LogP contribution in [0.5, 0.6) is 5.75 Å². The minimum atomic E-state index is -3.26. The highest BCUT2D eigenvalue weighted by Gasteiger charge is 2.23. The molecule has 2 N–H and O–H groups in total. The van der Waals surface area contributed by atoms with Crippen LogP contribution in [0.3, 0.4) is 0 Å². The number of sulfonamides is 1. The Morgan fingerprint density at radius 2 is 2.04 bits per heavy atom. The number of nitrogens with one attached hydrogen (secondary N) is 2. The molecule has 0 bridgehead atoms. The number of ether oxygens (including phenoxy) is 1. The summed E-state index contributed by atoms with van der Waals surface area (Å²) in [5.74, 6) is 1.96. The lowest BCUT2D eigenvalue weighted by Crippen LogP contribution is -2.45. The van der Waals surface area contributed by atoms with Crippen LogP contribution in [0.15, 0.2) is 29.3 Å². The molecule has 10 heteroatoms. The van der Waals surface area contributed by atoms with Crippen LogP contribution < -0.4 is 15.4 Å². The molecular weight excluding hydrogens is 391 g/mol. The Morgan fingerprint density at radius 1 is 1.33 bits per heavy atom. The topological polar surface area (TPSA) is 83.0 Å². The Bertz CT molecular complexity index is 725. The average Bonchev–Trinajstić information content (AvgIpc) is 2.67. The van der Waals surface area contributed by atoms with Crippen LogP contribution in [0.1, 0.15) is 6.92 Å². The molecule has 1 saturated heterocycles. The molecule has 152 valence electrons. The number of nitrogens with zero attached hydrogens (tertiary/aromatic N) is 2. The number of guanidine groups is 1. The molecule has 1 aliphatic heterocycles. The van der Waals surface area contributed by atoms with Gasteiger partial charge in [-0.1, -0.05) is 12.1 Å². The first kappa shape index (κ1) is 21.8. The molecule has 0 spiro atoms. The van der Waals surface area contributed by atoms with E-state index in [1.54, 1.807) is 41.3 Å². The predicted molar refractivity (Wildman–Crippen MR) is 109 cm³/mol. The maximum absolute atomic E-state index is 13.6. The van der Waals surface area contributed by atoms with E-state index < -0.39 is 15.8 Å². The lowest BCUT2D eigenvalue weighted by atomic mass is 10.3. The van der Waals surface area contributed by atoms with Crippen molar-refractivity contribution in [1.29, 1.82) is 0 Å². The van der Waals surface area contributed by atoms with Gasteiger partial charge in [-0.05, 0) is 19.1 Å². The monoisotopic (exact) mass is 418 g/mol. The summed E-state index contributed by atoms with van der Waals surface area (Å²) in [4.78, 5) is 4.07. The van der Waals surface area contributed by atoms with Crippen molar-refractivity contribution < 1.29 is 17.5 Å². The maximum atomic E-state index is 13.6. The third-order valence-corrected chi connectivity index (χ3v) is 6.78. The summed E-state index contributed by atoms with van der Waals surface area (Å²) in [6.45, 7) is 3.61. The number of rotatable bonds is 8. The van der Waals surface area contributed by atoms with E-state index in [2.05, 4.69) is 15.6 Å². The first-order valence-corrected chi connectivity index (χ1v) is 11.6. The molecule has 1 unspecified atom stereocenters. The molecule has 1 heterocycles. The molecule has 2 rings (SSSR count). The van der Waals surface area contributed by atoms with Crippen LogP contribution in [-0.2, 0) is 10.0 Å². The summed E-state index contributed by atoms with van der Waals surface area (Å²) in [7, 11) is -1.65. The highest BCUT2D eigenvalue weighted by molar-refractivity contribution is 7.99. The van der Waals surface area contributed by atoms with Crippen LogP contribution in [0.4, 0.5) is 4.39 Å². The predicted octanol–water partition coefficient (Wildman–Crippen LogP) is 1.14. The molecule has 1 aliphatic rings. The van der Waals surface area contributed by atoms with Gasteiger partial charge < -0.3 is 15.4 Å². The van der Waals surface area contributed by atoms with Crippen molar-refractivity contribution in [3.8, 4) is 5.75 Å². The second kappa shape index (κ2) is 10.7. The van der Waals surface area contributed by atoms with E-state index in [0.29, 0.717) is 25.6 Å². The van der Waals surface area contributed by atoms with Crippen LogP contribution in [-0.4, -0.2) is 75.3 Å². The highest BCUT2D eigenvalue weighted by Crippen LogP contribution is 2.16. The van der Waals surface area contributed by atoms with Crippen molar-refractivity contribution in [2.24, 2.45) is 4.99 Å². The summed E-state index contributed by atoms with van der Waals surface area (Å²) >= 11 is 1.77. The van der Waals surface area contributed by atoms with E-state index in [1.807, 2.05) is 6.92 Å². The molecule has 7 nitrogen and oxygen atoms in total. The Labute approximate surface area is 164 Å². The summed E-state index contributed by atoms with van der Waals surface area (Å²) < 4.78 is 45.3. The molecule has 0 saturated carbocycles. The van der Waals surface area contributed by atoms with Gasteiger partial charge in [-0.25, -0.2) is 17.1 Å². The number of para-hydroxylation sites is 1. The van der Waals surface area contributed by atoms with Gasteiger partial charge in [0.25, 0.3) is 0 Å². The van der Waals surface area contributed by atoms with E-state index in [9.17, 15) is 12.8 Å². The van der Waals surface area contributed by atoms with Crippen LogP contribution in [0.2, 0.25) is 0 Å². The van der Waals surface area contributed by atoms with E-state index >= 15 is 0 Å². The van der Waals surface area contributed by atoms with Crippen molar-refractivity contribution in [3.05, 3.63) is 30.1 Å². The number of hydrogen-bond acceptors (Lipinski definition) is 5. The molecule has 27 heavy (non-hydrogen) atoms. The quantitative estimate of drug-likeness (QED) is 0.487. The van der Waals surface area contributed by atoms with Gasteiger partial charge in [0, 0.05) is 38.2 Å². The summed E-state index contributed by atoms with van der Waals surface area (Å²) in [6.07, 6.45) is -0.296. The molecule has 0 aliphatic carbocycles. The van der Waals surface area contributed by atoms with Gasteiger partial charge >= 0.3 is 0 Å². The first-order chi connectivity index (χ1) is 12.9. The van der Waals surface area contributed by atoms with Crippen molar-refractivity contribution >= 4 is 27.7 Å². The fraction of sp³-hybridized carbons (Fsp3) is 0.588. The van der Waals surface area contributed by atoms with Gasteiger partial charge in [-0.15, -0.1) is 0 Å². The van der Waals surface area contributed by atoms with Crippen molar-refractivity contribution in [3.63, 3.8) is 0 Å². The second-order valence-electron chi connectivity index (χ2n) is 6.07. The van der Waals surface area contributed by atoms with Crippen molar-refractivity contribution in [1.82, 2.24) is 14.9 Å². The smallest absolute Gasteiger partial charge is 0.215 e. The number of halogens is 1. The Kier molecular flexibility index (Phi) is 8.65. The van der Waals surface area contributed by atoms with Crippen molar-refractivity contribution in [2.45, 2.75) is 13.0 Å². The van der Waals surface area contributed by atoms with Gasteiger partial charge in [0.1, 0.15) is 6.10 Å². The van der Waals surface area contributed by atoms with Gasteiger partial charge in [-0.3, -0.25) is 4.99 Å². The zero-order valence-electron chi connectivity index (χ0n) is 15.7. The highest BCUT2D eigenvalue weighted by atomic mass is 32.2. The fourth-order valence-electron chi connectivity index (χ4n) is 2.51. The Hall–Kier alpha value is -1.52. The normalized spacial score (nSPS) is 17.4. The third-order valence-electron chi connectivity index (χ3n) is 3.96. The minimum Gasteiger partial charge on any atom is -0.486 e. The third kappa shape index (κ3) is 7.19. The molecule has 0 amide bonds. The lowest BCUT2D eigenvalue weighted by Gasteiger charge is -2.25. The van der Waals surface area contributed by atoms with Crippen LogP contribution >= 0.6 is 11.8 Å². The first-order valence-electron chi connectivity index (χ1n) is 8.83. The maximum Gasteiger partial charge on any atom is 0.215 e. The molecule has 1 aromatic carbocycles. The Morgan fingerprint density at radius 3 is 2.70 bits per heavy atom. The number of aliphatic imine (C=N–C) groups is 1.